The fourth-order valence-corrected chi connectivity index (χ4v) is 3.10. The molecule has 0 radical (unpaired) electrons. The van der Waals surface area contributed by atoms with Crippen molar-refractivity contribution in [3.8, 4) is 17.2 Å². The lowest BCUT2D eigenvalue weighted by atomic mass is 10.0. The summed E-state index contributed by atoms with van der Waals surface area (Å²) in [5.74, 6) is 2.96. The molecular formula is C19H32IN3O4. The number of ether oxygens (including phenoxy) is 4. The van der Waals surface area contributed by atoms with Gasteiger partial charge in [0.25, 0.3) is 0 Å². The Morgan fingerprint density at radius 2 is 1.81 bits per heavy atom. The van der Waals surface area contributed by atoms with E-state index >= 15 is 0 Å². The fourth-order valence-electron chi connectivity index (χ4n) is 3.10. The van der Waals surface area contributed by atoms with Gasteiger partial charge in [-0.25, -0.2) is 0 Å². The first-order chi connectivity index (χ1) is 12.5. The molecular weight excluding hydrogens is 461 g/mol. The second kappa shape index (κ2) is 11.4. The molecule has 1 aromatic rings. The van der Waals surface area contributed by atoms with Crippen molar-refractivity contribution in [3.63, 3.8) is 0 Å². The van der Waals surface area contributed by atoms with Crippen LogP contribution in [0.15, 0.2) is 17.1 Å². The van der Waals surface area contributed by atoms with Gasteiger partial charge in [-0.15, -0.1) is 24.0 Å². The van der Waals surface area contributed by atoms with Gasteiger partial charge in [-0.05, 0) is 26.2 Å². The monoisotopic (exact) mass is 493 g/mol. The molecule has 0 bridgehead atoms. The minimum atomic E-state index is -0.111. The van der Waals surface area contributed by atoms with Crippen LogP contribution in [0.1, 0.15) is 25.3 Å². The second-order valence-corrected chi connectivity index (χ2v) is 6.51. The van der Waals surface area contributed by atoms with Crippen LogP contribution in [-0.4, -0.2) is 59.6 Å². The summed E-state index contributed by atoms with van der Waals surface area (Å²) < 4.78 is 22.1. The Hall–Kier alpha value is -1.42. The second-order valence-electron chi connectivity index (χ2n) is 6.51. The molecule has 0 aromatic heterocycles. The van der Waals surface area contributed by atoms with Crippen molar-refractivity contribution in [2.24, 2.45) is 4.99 Å². The van der Waals surface area contributed by atoms with Crippen LogP contribution in [0.4, 0.5) is 0 Å². The predicted molar refractivity (Wildman–Crippen MR) is 118 cm³/mol. The molecule has 0 spiro atoms. The maximum absolute atomic E-state index is 5.80. The molecule has 2 N–H and O–H groups in total. The third kappa shape index (κ3) is 6.60. The van der Waals surface area contributed by atoms with E-state index in [1.54, 1.807) is 28.4 Å². The molecule has 1 aromatic carbocycles. The van der Waals surface area contributed by atoms with Crippen LogP contribution in [0.5, 0.6) is 17.2 Å². The van der Waals surface area contributed by atoms with Crippen molar-refractivity contribution in [3.05, 3.63) is 17.7 Å². The maximum atomic E-state index is 5.80. The largest absolute Gasteiger partial charge is 0.496 e. The zero-order valence-electron chi connectivity index (χ0n) is 16.9. The molecule has 0 saturated carbocycles. The van der Waals surface area contributed by atoms with Crippen LogP contribution in [0.2, 0.25) is 0 Å². The number of nitrogens with zero attached hydrogens (tertiary/aromatic N) is 1. The first kappa shape index (κ1) is 23.6. The number of aliphatic imine (C=N–C) groups is 1. The summed E-state index contributed by atoms with van der Waals surface area (Å²) >= 11 is 0. The molecule has 154 valence electrons. The lowest BCUT2D eigenvalue weighted by Gasteiger charge is -2.24. The minimum Gasteiger partial charge on any atom is -0.496 e. The van der Waals surface area contributed by atoms with Crippen molar-refractivity contribution in [2.45, 2.75) is 31.8 Å². The molecule has 1 unspecified atom stereocenters. The molecule has 1 heterocycles. The summed E-state index contributed by atoms with van der Waals surface area (Å²) in [4.78, 5) is 4.28. The van der Waals surface area contributed by atoms with Gasteiger partial charge in [0.2, 0.25) is 0 Å². The van der Waals surface area contributed by atoms with Crippen molar-refractivity contribution in [1.29, 1.82) is 0 Å². The van der Waals surface area contributed by atoms with Gasteiger partial charge in [-0.1, -0.05) is 0 Å². The SMILES string of the molecule is CN=C(NCCc1c(OC)cc(OC)cc1OC)NCC1(C)CCCO1.I. The number of halogens is 1. The van der Waals surface area contributed by atoms with Crippen molar-refractivity contribution in [1.82, 2.24) is 10.6 Å². The molecule has 27 heavy (non-hydrogen) atoms. The molecule has 1 atom stereocenters. The van der Waals surface area contributed by atoms with E-state index in [1.807, 2.05) is 12.1 Å². The van der Waals surface area contributed by atoms with Gasteiger partial charge in [0.05, 0.1) is 26.9 Å². The van der Waals surface area contributed by atoms with E-state index in [9.17, 15) is 0 Å². The first-order valence-electron chi connectivity index (χ1n) is 8.92. The fraction of sp³-hybridized carbons (Fsp3) is 0.632. The van der Waals surface area contributed by atoms with Crippen LogP contribution >= 0.6 is 24.0 Å². The van der Waals surface area contributed by atoms with E-state index in [-0.39, 0.29) is 29.6 Å². The van der Waals surface area contributed by atoms with E-state index in [2.05, 4.69) is 22.5 Å². The van der Waals surface area contributed by atoms with E-state index in [0.29, 0.717) is 12.3 Å². The van der Waals surface area contributed by atoms with Crippen LogP contribution in [0.25, 0.3) is 0 Å². The van der Waals surface area contributed by atoms with E-state index in [0.717, 1.165) is 55.4 Å². The molecule has 1 aliphatic rings. The summed E-state index contributed by atoms with van der Waals surface area (Å²) in [7, 11) is 6.68. The number of hydrogen-bond acceptors (Lipinski definition) is 5. The van der Waals surface area contributed by atoms with Crippen molar-refractivity contribution < 1.29 is 18.9 Å². The predicted octanol–water partition coefficient (Wildman–Crippen LogP) is 2.61. The zero-order valence-corrected chi connectivity index (χ0v) is 19.2. The minimum absolute atomic E-state index is 0. The third-order valence-corrected chi connectivity index (χ3v) is 4.64. The van der Waals surface area contributed by atoms with E-state index in [1.165, 1.54) is 0 Å². The van der Waals surface area contributed by atoms with Gasteiger partial charge < -0.3 is 29.6 Å². The summed E-state index contributed by atoms with van der Waals surface area (Å²) in [5.41, 5.74) is 0.880. The highest BCUT2D eigenvalue weighted by atomic mass is 127. The maximum Gasteiger partial charge on any atom is 0.191 e. The number of guanidine groups is 1. The van der Waals surface area contributed by atoms with Crippen molar-refractivity contribution in [2.75, 3.05) is 48.1 Å². The van der Waals surface area contributed by atoms with Crippen LogP contribution in [-0.2, 0) is 11.2 Å². The Balaban J connectivity index is 0.00000364. The van der Waals surface area contributed by atoms with Crippen molar-refractivity contribution >= 4 is 29.9 Å². The van der Waals surface area contributed by atoms with E-state index < -0.39 is 0 Å². The molecule has 7 nitrogen and oxygen atoms in total. The number of nitrogens with one attached hydrogen (secondary N) is 2. The molecule has 8 heteroatoms. The number of methoxy groups -OCH3 is 3. The number of benzene rings is 1. The highest BCUT2D eigenvalue weighted by Crippen LogP contribution is 2.34. The zero-order chi connectivity index (χ0) is 19.0. The van der Waals surface area contributed by atoms with Gasteiger partial charge in [-0.2, -0.15) is 0 Å². The number of rotatable bonds is 8. The highest BCUT2D eigenvalue weighted by Gasteiger charge is 2.29. The van der Waals surface area contributed by atoms with Crippen LogP contribution in [0.3, 0.4) is 0 Å². The van der Waals surface area contributed by atoms with Gasteiger partial charge in [0.1, 0.15) is 17.2 Å². The average molecular weight is 493 g/mol. The lowest BCUT2D eigenvalue weighted by Crippen LogP contribution is -2.45. The van der Waals surface area contributed by atoms with E-state index in [4.69, 9.17) is 18.9 Å². The quantitative estimate of drug-likeness (QED) is 0.330. The summed E-state index contributed by atoms with van der Waals surface area (Å²) in [6, 6.07) is 3.73. The van der Waals surface area contributed by atoms with Crippen LogP contribution < -0.4 is 24.8 Å². The van der Waals surface area contributed by atoms with Gasteiger partial charge in [-0.3, -0.25) is 4.99 Å². The van der Waals surface area contributed by atoms with Gasteiger partial charge >= 0.3 is 0 Å². The summed E-state index contributed by atoms with van der Waals surface area (Å²) in [5, 5.41) is 6.68. The smallest absolute Gasteiger partial charge is 0.191 e. The third-order valence-electron chi connectivity index (χ3n) is 4.64. The number of hydrogen-bond donors (Lipinski definition) is 2. The van der Waals surface area contributed by atoms with Crippen LogP contribution in [0, 0.1) is 0 Å². The Morgan fingerprint density at radius 3 is 2.30 bits per heavy atom. The standard InChI is InChI=1S/C19H31N3O4.HI/c1-19(8-6-10-26-19)13-22-18(20-2)21-9-7-15-16(24-4)11-14(23-3)12-17(15)25-5;/h11-12H,6-10,13H2,1-5H3,(H2,20,21,22);1H. The van der Waals surface area contributed by atoms with Gasteiger partial charge in [0.15, 0.2) is 5.96 Å². The Kier molecular flexibility index (Phi) is 10.00. The molecule has 1 saturated heterocycles. The summed E-state index contributed by atoms with van der Waals surface area (Å²) in [6.07, 6.45) is 2.91. The molecule has 0 amide bonds. The van der Waals surface area contributed by atoms with Gasteiger partial charge in [0, 0.05) is 44.4 Å². The molecule has 0 aliphatic carbocycles. The average Bonchev–Trinajstić information content (AvgIpc) is 3.10. The Labute approximate surface area is 179 Å². The molecule has 1 aliphatic heterocycles. The molecule has 1 fully saturated rings. The highest BCUT2D eigenvalue weighted by molar-refractivity contribution is 14.0. The topological polar surface area (TPSA) is 73.3 Å². The summed E-state index contributed by atoms with van der Waals surface area (Å²) in [6.45, 7) is 4.40. The Morgan fingerprint density at radius 1 is 1.15 bits per heavy atom. The lowest BCUT2D eigenvalue weighted by molar-refractivity contribution is 0.0243. The molecule has 2 rings (SSSR count). The normalized spacial score (nSPS) is 19.2. The Bertz CT molecular complexity index is 594. The first-order valence-corrected chi connectivity index (χ1v) is 8.92.